The van der Waals surface area contributed by atoms with Crippen molar-refractivity contribution in [2.24, 2.45) is 5.92 Å². The van der Waals surface area contributed by atoms with Crippen molar-refractivity contribution >= 4 is 17.5 Å². The second kappa shape index (κ2) is 9.73. The Bertz CT molecular complexity index is 1010. The summed E-state index contributed by atoms with van der Waals surface area (Å²) in [6.45, 7) is 4.30. The molecule has 0 radical (unpaired) electrons. The fourth-order valence-electron chi connectivity index (χ4n) is 2.99. The van der Waals surface area contributed by atoms with Crippen LogP contribution >= 0.6 is 0 Å². The highest BCUT2D eigenvalue weighted by molar-refractivity contribution is 5.95. The molecule has 3 aromatic rings. The predicted octanol–water partition coefficient (Wildman–Crippen LogP) is 3.80. The third-order valence-corrected chi connectivity index (χ3v) is 4.39. The first-order chi connectivity index (χ1) is 14.5. The van der Waals surface area contributed by atoms with Crippen LogP contribution in [-0.2, 0) is 11.3 Å². The molecule has 0 unspecified atom stereocenters. The summed E-state index contributed by atoms with van der Waals surface area (Å²) < 4.78 is 6.93. The quantitative estimate of drug-likeness (QED) is 0.596. The highest BCUT2D eigenvalue weighted by Crippen LogP contribution is 2.20. The van der Waals surface area contributed by atoms with Crippen molar-refractivity contribution in [2.45, 2.75) is 26.8 Å². The molecule has 0 atom stereocenters. The third-order valence-electron chi connectivity index (χ3n) is 4.39. The van der Waals surface area contributed by atoms with Gasteiger partial charge in [-0.3, -0.25) is 9.59 Å². The predicted molar refractivity (Wildman–Crippen MR) is 116 cm³/mol. The highest BCUT2D eigenvalue weighted by atomic mass is 16.5. The lowest BCUT2D eigenvalue weighted by Gasteiger charge is -2.09. The van der Waals surface area contributed by atoms with Crippen molar-refractivity contribution in [1.82, 2.24) is 15.1 Å². The lowest BCUT2D eigenvalue weighted by Crippen LogP contribution is -2.24. The van der Waals surface area contributed by atoms with E-state index in [9.17, 15) is 9.59 Å². The van der Waals surface area contributed by atoms with E-state index in [0.29, 0.717) is 24.4 Å². The topological polar surface area (TPSA) is 85.2 Å². The molecule has 2 amide bonds. The van der Waals surface area contributed by atoms with Gasteiger partial charge in [-0.05, 0) is 35.7 Å². The summed E-state index contributed by atoms with van der Waals surface area (Å²) in [7, 11) is 1.51. The van der Waals surface area contributed by atoms with Gasteiger partial charge < -0.3 is 15.4 Å². The molecule has 0 saturated carbocycles. The van der Waals surface area contributed by atoms with E-state index in [1.165, 1.54) is 7.11 Å². The van der Waals surface area contributed by atoms with E-state index in [2.05, 4.69) is 15.7 Å². The number of ether oxygens (including phenoxy) is 1. The number of nitrogens with one attached hydrogen (secondary N) is 2. The van der Waals surface area contributed by atoms with E-state index in [1.54, 1.807) is 10.9 Å². The van der Waals surface area contributed by atoms with Gasteiger partial charge in [-0.2, -0.15) is 5.10 Å². The number of methoxy groups -OCH3 is 1. The van der Waals surface area contributed by atoms with Crippen molar-refractivity contribution in [3.8, 4) is 11.4 Å². The number of hydrogen-bond acceptors (Lipinski definition) is 4. The molecule has 2 aromatic carbocycles. The van der Waals surface area contributed by atoms with Crippen LogP contribution in [0.15, 0.2) is 60.8 Å². The highest BCUT2D eigenvalue weighted by Gasteiger charge is 2.18. The summed E-state index contributed by atoms with van der Waals surface area (Å²) in [5, 5.41) is 10.1. The number of carbonyl (C=O) groups is 2. The van der Waals surface area contributed by atoms with Crippen molar-refractivity contribution < 1.29 is 14.3 Å². The number of carbonyl (C=O) groups excluding carboxylic acids is 2. The first-order valence-electron chi connectivity index (χ1n) is 9.82. The van der Waals surface area contributed by atoms with Gasteiger partial charge in [-0.15, -0.1) is 0 Å². The number of rotatable bonds is 8. The molecule has 0 aliphatic carbocycles. The van der Waals surface area contributed by atoms with Crippen LogP contribution in [0.5, 0.6) is 5.75 Å². The second-order valence-electron chi connectivity index (χ2n) is 7.36. The van der Waals surface area contributed by atoms with Crippen LogP contribution < -0.4 is 15.4 Å². The fourth-order valence-corrected chi connectivity index (χ4v) is 2.99. The average Bonchev–Trinajstić information content (AvgIpc) is 3.17. The van der Waals surface area contributed by atoms with Gasteiger partial charge in [0.05, 0.1) is 19.0 Å². The Labute approximate surface area is 176 Å². The molecule has 7 nitrogen and oxygen atoms in total. The standard InChI is InChI=1S/C23H26N4O3/c1-16(2)12-21(28)25-18-9-7-8-17(13-18)14-24-23(29)22-20(30-3)15-27(26-22)19-10-5-4-6-11-19/h4-11,13,15-16H,12,14H2,1-3H3,(H,24,29)(H,25,28). The lowest BCUT2D eigenvalue weighted by atomic mass is 10.1. The first kappa shape index (κ1) is 21.1. The van der Waals surface area contributed by atoms with Crippen LogP contribution in [0.2, 0.25) is 0 Å². The zero-order valence-electron chi connectivity index (χ0n) is 17.4. The van der Waals surface area contributed by atoms with Crippen LogP contribution in [0.1, 0.15) is 36.3 Å². The molecule has 30 heavy (non-hydrogen) atoms. The maximum Gasteiger partial charge on any atom is 0.275 e. The van der Waals surface area contributed by atoms with Crippen LogP contribution in [0, 0.1) is 5.92 Å². The molecule has 0 fully saturated rings. The summed E-state index contributed by atoms with van der Waals surface area (Å²) in [6.07, 6.45) is 2.14. The molecule has 0 aliphatic rings. The van der Waals surface area contributed by atoms with Gasteiger partial charge in [-0.1, -0.05) is 44.2 Å². The Morgan fingerprint density at radius 3 is 2.57 bits per heavy atom. The van der Waals surface area contributed by atoms with E-state index in [1.807, 2.05) is 68.4 Å². The van der Waals surface area contributed by atoms with Gasteiger partial charge in [0, 0.05) is 18.7 Å². The molecule has 156 valence electrons. The molecule has 2 N–H and O–H groups in total. The van der Waals surface area contributed by atoms with Crippen molar-refractivity contribution in [2.75, 3.05) is 12.4 Å². The van der Waals surface area contributed by atoms with Crippen molar-refractivity contribution in [1.29, 1.82) is 0 Å². The summed E-state index contributed by atoms with van der Waals surface area (Å²) in [5.41, 5.74) is 2.62. The Balaban J connectivity index is 1.67. The van der Waals surface area contributed by atoms with Gasteiger partial charge in [0.1, 0.15) is 0 Å². The number of benzene rings is 2. The molecular formula is C23H26N4O3. The second-order valence-corrected chi connectivity index (χ2v) is 7.36. The lowest BCUT2D eigenvalue weighted by molar-refractivity contribution is -0.116. The summed E-state index contributed by atoms with van der Waals surface area (Å²) in [6, 6.07) is 16.9. The molecule has 0 spiro atoms. The molecule has 0 aliphatic heterocycles. The van der Waals surface area contributed by atoms with Crippen LogP contribution in [0.4, 0.5) is 5.69 Å². The largest absolute Gasteiger partial charge is 0.493 e. The van der Waals surface area contributed by atoms with Gasteiger partial charge in [-0.25, -0.2) is 4.68 Å². The SMILES string of the molecule is COc1cn(-c2ccccc2)nc1C(=O)NCc1cccc(NC(=O)CC(C)C)c1. The third kappa shape index (κ3) is 5.47. The van der Waals surface area contributed by atoms with E-state index >= 15 is 0 Å². The Morgan fingerprint density at radius 1 is 1.10 bits per heavy atom. The van der Waals surface area contributed by atoms with Crippen LogP contribution in [0.3, 0.4) is 0 Å². The van der Waals surface area contributed by atoms with Gasteiger partial charge in [0.15, 0.2) is 11.4 Å². The minimum absolute atomic E-state index is 0.0256. The minimum atomic E-state index is -0.337. The van der Waals surface area contributed by atoms with Crippen LogP contribution in [0.25, 0.3) is 5.69 Å². The molecule has 0 saturated heterocycles. The first-order valence-corrected chi connectivity index (χ1v) is 9.82. The molecular weight excluding hydrogens is 380 g/mol. The number of hydrogen-bond donors (Lipinski definition) is 2. The van der Waals surface area contributed by atoms with Gasteiger partial charge in [0.25, 0.3) is 5.91 Å². The number of para-hydroxylation sites is 1. The summed E-state index contributed by atoms with van der Waals surface area (Å²) >= 11 is 0. The molecule has 3 rings (SSSR count). The zero-order chi connectivity index (χ0) is 21.5. The smallest absolute Gasteiger partial charge is 0.275 e. The maximum atomic E-state index is 12.7. The van der Waals surface area contributed by atoms with Crippen molar-refractivity contribution in [3.63, 3.8) is 0 Å². The molecule has 1 aromatic heterocycles. The Hall–Kier alpha value is -3.61. The number of nitrogens with zero attached hydrogens (tertiary/aromatic N) is 2. The molecule has 0 bridgehead atoms. The normalized spacial score (nSPS) is 10.7. The minimum Gasteiger partial charge on any atom is -0.493 e. The molecule has 1 heterocycles. The number of anilines is 1. The average molecular weight is 406 g/mol. The maximum absolute atomic E-state index is 12.7. The van der Waals surface area contributed by atoms with Crippen LogP contribution in [-0.4, -0.2) is 28.7 Å². The Morgan fingerprint density at radius 2 is 1.87 bits per heavy atom. The summed E-state index contributed by atoms with van der Waals surface area (Å²) in [4.78, 5) is 24.7. The summed E-state index contributed by atoms with van der Waals surface area (Å²) in [5.74, 6) is 0.322. The van der Waals surface area contributed by atoms with E-state index in [4.69, 9.17) is 4.74 Å². The monoisotopic (exact) mass is 406 g/mol. The van der Waals surface area contributed by atoms with Gasteiger partial charge >= 0.3 is 0 Å². The van der Waals surface area contributed by atoms with E-state index in [-0.39, 0.29) is 23.4 Å². The molecule has 7 heteroatoms. The van der Waals surface area contributed by atoms with Crippen molar-refractivity contribution in [3.05, 3.63) is 72.1 Å². The number of amides is 2. The fraction of sp³-hybridized carbons (Fsp3) is 0.261. The number of aromatic nitrogens is 2. The van der Waals surface area contributed by atoms with E-state index < -0.39 is 0 Å². The Kier molecular flexibility index (Phi) is 6.85. The zero-order valence-corrected chi connectivity index (χ0v) is 17.4. The van der Waals surface area contributed by atoms with E-state index in [0.717, 1.165) is 11.3 Å². The van der Waals surface area contributed by atoms with Gasteiger partial charge in [0.2, 0.25) is 5.91 Å².